The molecular formula is C13H22F2N2O4. The molecule has 1 fully saturated rings. The number of aliphatic hydroxyl groups is 1. The molecule has 0 aromatic rings. The number of halogens is 2. The maximum Gasteiger partial charge on any atom is 0.329 e. The van der Waals surface area contributed by atoms with Crippen LogP contribution in [0.1, 0.15) is 32.6 Å². The van der Waals surface area contributed by atoms with Crippen LogP contribution in [0.5, 0.6) is 0 Å². The number of nitrogens with one attached hydrogen (secondary N) is 1. The lowest BCUT2D eigenvalue weighted by molar-refractivity contribution is -0.146. The van der Waals surface area contributed by atoms with Crippen molar-refractivity contribution in [2.45, 2.75) is 44.6 Å². The highest BCUT2D eigenvalue weighted by molar-refractivity contribution is 5.86. The zero-order valence-electron chi connectivity index (χ0n) is 12.0. The quantitative estimate of drug-likeness (QED) is 0.689. The lowest BCUT2D eigenvalue weighted by Crippen LogP contribution is -2.60. The summed E-state index contributed by atoms with van der Waals surface area (Å²) in [5.74, 6) is -1.01. The normalized spacial score (nSPS) is 25.7. The number of aliphatic hydroxyl groups excluding tert-OH is 1. The van der Waals surface area contributed by atoms with Gasteiger partial charge in [-0.2, -0.15) is 0 Å². The minimum Gasteiger partial charge on any atom is -0.480 e. The molecule has 6 nitrogen and oxygen atoms in total. The highest BCUT2D eigenvalue weighted by atomic mass is 19.3. The molecule has 2 unspecified atom stereocenters. The zero-order chi connectivity index (χ0) is 16.0. The first kappa shape index (κ1) is 17.6. The summed E-state index contributed by atoms with van der Waals surface area (Å²) in [6, 6.07) is -0.874. The summed E-state index contributed by atoms with van der Waals surface area (Å²) >= 11 is 0. The van der Waals surface area contributed by atoms with Crippen LogP contribution in [0.3, 0.4) is 0 Å². The van der Waals surface area contributed by atoms with Crippen LogP contribution < -0.4 is 5.32 Å². The van der Waals surface area contributed by atoms with E-state index in [4.69, 9.17) is 5.11 Å². The lowest BCUT2D eigenvalue weighted by Gasteiger charge is -2.38. The Hall–Kier alpha value is -1.44. The molecule has 8 heteroatoms. The largest absolute Gasteiger partial charge is 0.480 e. The number of carbonyl (C=O) groups excluding carboxylic acids is 1. The highest BCUT2D eigenvalue weighted by Gasteiger charge is 2.44. The maximum absolute atomic E-state index is 12.4. The molecule has 21 heavy (non-hydrogen) atoms. The summed E-state index contributed by atoms with van der Waals surface area (Å²) in [5.41, 5.74) is -1.41. The number of alkyl halides is 2. The van der Waals surface area contributed by atoms with Gasteiger partial charge in [-0.05, 0) is 18.8 Å². The number of hydrogen-bond acceptors (Lipinski definition) is 3. The van der Waals surface area contributed by atoms with E-state index in [2.05, 4.69) is 5.32 Å². The fourth-order valence-electron chi connectivity index (χ4n) is 2.76. The summed E-state index contributed by atoms with van der Waals surface area (Å²) in [7, 11) is 0. The van der Waals surface area contributed by atoms with Crippen molar-refractivity contribution >= 4 is 12.0 Å². The highest BCUT2D eigenvalue weighted by Crippen LogP contribution is 2.32. The molecule has 0 aromatic carbocycles. The van der Waals surface area contributed by atoms with Gasteiger partial charge >= 0.3 is 12.0 Å². The molecule has 0 spiro atoms. The molecule has 3 N–H and O–H groups in total. The van der Waals surface area contributed by atoms with Crippen LogP contribution in [-0.4, -0.2) is 58.8 Å². The van der Waals surface area contributed by atoms with Crippen molar-refractivity contribution < 1.29 is 28.6 Å². The molecule has 1 aliphatic carbocycles. The molecule has 0 radical (unpaired) electrons. The number of carboxylic acids is 1. The molecule has 122 valence electrons. The van der Waals surface area contributed by atoms with Crippen LogP contribution in [0, 0.1) is 5.92 Å². The average Bonchev–Trinajstić information content (AvgIpc) is 2.37. The minimum absolute atomic E-state index is 0.136. The van der Waals surface area contributed by atoms with Crippen LogP contribution in [0.15, 0.2) is 0 Å². The second-order valence-electron chi connectivity index (χ2n) is 5.58. The molecule has 0 heterocycles. The van der Waals surface area contributed by atoms with E-state index in [1.807, 2.05) is 6.92 Å². The Morgan fingerprint density at radius 3 is 2.62 bits per heavy atom. The SMILES string of the molecule is CC1CCCC(NC(=O)N(CCO)CC(F)F)(C(=O)O)C1. The van der Waals surface area contributed by atoms with E-state index in [1.165, 1.54) is 0 Å². The Balaban J connectivity index is 2.81. The van der Waals surface area contributed by atoms with Gasteiger partial charge in [-0.25, -0.2) is 18.4 Å². The van der Waals surface area contributed by atoms with Gasteiger partial charge in [0.25, 0.3) is 6.43 Å². The summed E-state index contributed by atoms with van der Waals surface area (Å²) in [5, 5.41) is 20.7. The van der Waals surface area contributed by atoms with E-state index >= 15 is 0 Å². The van der Waals surface area contributed by atoms with E-state index in [0.717, 1.165) is 11.3 Å². The van der Waals surface area contributed by atoms with E-state index in [9.17, 15) is 23.5 Å². The Kier molecular flexibility index (Phi) is 6.32. The fraction of sp³-hybridized carbons (Fsp3) is 0.846. The lowest BCUT2D eigenvalue weighted by atomic mass is 9.76. The molecule has 1 rings (SSSR count). The van der Waals surface area contributed by atoms with Gasteiger partial charge in [0.1, 0.15) is 5.54 Å². The van der Waals surface area contributed by atoms with Gasteiger partial charge in [0.15, 0.2) is 0 Å². The molecule has 2 amide bonds. The van der Waals surface area contributed by atoms with Crippen molar-refractivity contribution in [1.82, 2.24) is 10.2 Å². The number of aliphatic carboxylic acids is 1. The second-order valence-corrected chi connectivity index (χ2v) is 5.58. The third kappa shape index (κ3) is 4.80. The Bertz CT molecular complexity index is 381. The summed E-state index contributed by atoms with van der Waals surface area (Å²) in [4.78, 5) is 24.3. The molecular weight excluding hydrogens is 286 g/mol. The van der Waals surface area contributed by atoms with Crippen molar-refractivity contribution in [2.75, 3.05) is 19.7 Å². The van der Waals surface area contributed by atoms with Crippen LogP contribution in [0.25, 0.3) is 0 Å². The van der Waals surface area contributed by atoms with E-state index < -0.39 is 37.1 Å². The summed E-state index contributed by atoms with van der Waals surface area (Å²) in [6.07, 6.45) is -0.658. The third-order valence-electron chi connectivity index (χ3n) is 3.77. The van der Waals surface area contributed by atoms with Crippen molar-refractivity contribution in [3.05, 3.63) is 0 Å². The summed E-state index contributed by atoms with van der Waals surface area (Å²) < 4.78 is 24.9. The van der Waals surface area contributed by atoms with E-state index in [-0.39, 0.29) is 25.3 Å². The van der Waals surface area contributed by atoms with Crippen molar-refractivity contribution in [3.63, 3.8) is 0 Å². The number of nitrogens with zero attached hydrogens (tertiary/aromatic N) is 1. The zero-order valence-corrected chi connectivity index (χ0v) is 12.0. The summed E-state index contributed by atoms with van der Waals surface area (Å²) in [6.45, 7) is 0.337. The Labute approximate surface area is 122 Å². The number of amides is 2. The molecule has 0 aromatic heterocycles. The van der Waals surface area contributed by atoms with E-state index in [1.54, 1.807) is 0 Å². The molecule has 0 aliphatic heterocycles. The van der Waals surface area contributed by atoms with E-state index in [0.29, 0.717) is 6.42 Å². The predicted molar refractivity (Wildman–Crippen MR) is 71.2 cm³/mol. The smallest absolute Gasteiger partial charge is 0.329 e. The van der Waals surface area contributed by atoms with Gasteiger partial charge < -0.3 is 20.4 Å². The van der Waals surface area contributed by atoms with Gasteiger partial charge in [0.2, 0.25) is 0 Å². The second kappa shape index (κ2) is 7.53. The molecule has 1 aliphatic rings. The van der Waals surface area contributed by atoms with Gasteiger partial charge in [0.05, 0.1) is 13.2 Å². The fourth-order valence-corrected chi connectivity index (χ4v) is 2.76. The number of urea groups is 1. The van der Waals surface area contributed by atoms with Gasteiger partial charge in [0, 0.05) is 6.54 Å². The maximum atomic E-state index is 12.4. The Morgan fingerprint density at radius 2 is 2.14 bits per heavy atom. The third-order valence-corrected chi connectivity index (χ3v) is 3.77. The average molecular weight is 308 g/mol. The van der Waals surface area contributed by atoms with Gasteiger partial charge in [-0.1, -0.05) is 19.8 Å². The molecule has 2 atom stereocenters. The molecule has 0 bridgehead atoms. The first-order chi connectivity index (χ1) is 9.80. The molecule has 1 saturated carbocycles. The van der Waals surface area contributed by atoms with Crippen LogP contribution >= 0.6 is 0 Å². The van der Waals surface area contributed by atoms with Gasteiger partial charge in [-0.3, -0.25) is 0 Å². The number of hydrogen-bond donors (Lipinski definition) is 3. The molecule has 0 saturated heterocycles. The van der Waals surface area contributed by atoms with Crippen molar-refractivity contribution in [2.24, 2.45) is 5.92 Å². The van der Waals surface area contributed by atoms with Gasteiger partial charge in [-0.15, -0.1) is 0 Å². The predicted octanol–water partition coefficient (Wildman–Crippen LogP) is 1.29. The minimum atomic E-state index is -2.74. The number of carbonyl (C=O) groups is 2. The monoisotopic (exact) mass is 308 g/mol. The number of rotatable bonds is 6. The van der Waals surface area contributed by atoms with Crippen molar-refractivity contribution in [3.8, 4) is 0 Å². The van der Waals surface area contributed by atoms with Crippen LogP contribution in [-0.2, 0) is 4.79 Å². The van der Waals surface area contributed by atoms with Crippen LogP contribution in [0.4, 0.5) is 13.6 Å². The first-order valence-corrected chi connectivity index (χ1v) is 7.00. The topological polar surface area (TPSA) is 89.9 Å². The first-order valence-electron chi connectivity index (χ1n) is 7.00. The van der Waals surface area contributed by atoms with Crippen LogP contribution in [0.2, 0.25) is 0 Å². The Morgan fingerprint density at radius 1 is 1.48 bits per heavy atom. The number of carboxylic acid groups (broad SMARTS) is 1. The van der Waals surface area contributed by atoms with Crippen molar-refractivity contribution in [1.29, 1.82) is 0 Å². The standard InChI is InChI=1S/C13H22F2N2O4/c1-9-3-2-4-13(7-9,11(19)20)16-12(21)17(5-6-18)8-10(14)15/h9-10,18H,2-8H2,1H3,(H,16,21)(H,19,20).